The Morgan fingerprint density at radius 1 is 0.963 bits per heavy atom. The van der Waals surface area contributed by atoms with Gasteiger partial charge in [0.25, 0.3) is 11.8 Å². The highest BCUT2D eigenvalue weighted by Gasteiger charge is 2.41. The van der Waals surface area contributed by atoms with E-state index < -0.39 is 0 Å². The molecule has 0 aliphatic carbocycles. The maximum atomic E-state index is 13.1. The lowest BCUT2D eigenvalue weighted by Crippen LogP contribution is -2.48. The van der Waals surface area contributed by atoms with Crippen molar-refractivity contribution in [2.24, 2.45) is 0 Å². The Morgan fingerprint density at radius 3 is 2.26 bits per heavy atom. The third-order valence-electron chi connectivity index (χ3n) is 5.49. The minimum Gasteiger partial charge on any atom is -0.395 e. The molecule has 146 valence electrons. The average Bonchev–Trinajstić information content (AvgIpc) is 2.90. The van der Waals surface area contributed by atoms with Crippen LogP contribution >= 0.6 is 0 Å². The number of carbonyl (C=O) groups excluding carboxylic acids is 2. The third-order valence-corrected chi connectivity index (χ3v) is 5.49. The minimum atomic E-state index is -0.183. The zero-order chi connectivity index (χ0) is 19.6. The summed E-state index contributed by atoms with van der Waals surface area (Å²) in [4.78, 5) is 31.8. The van der Waals surface area contributed by atoms with Crippen molar-refractivity contribution in [2.75, 3.05) is 45.9 Å². The van der Waals surface area contributed by atoms with Crippen LogP contribution in [0.25, 0.3) is 5.57 Å². The maximum Gasteiger partial charge on any atom is 0.277 e. The van der Waals surface area contributed by atoms with Gasteiger partial charge < -0.3 is 10.0 Å². The lowest BCUT2D eigenvalue weighted by atomic mass is 9.99. The van der Waals surface area contributed by atoms with Gasteiger partial charge in [0.05, 0.1) is 12.2 Å². The Kier molecular flexibility index (Phi) is 5.97. The fraction of sp³-hybridized carbons (Fsp3) is 0.524. The molecule has 1 N–H and O–H groups in total. The van der Waals surface area contributed by atoms with Gasteiger partial charge in [0, 0.05) is 39.3 Å². The van der Waals surface area contributed by atoms with Gasteiger partial charge in [-0.15, -0.1) is 0 Å². The van der Waals surface area contributed by atoms with Gasteiger partial charge in [0.15, 0.2) is 0 Å². The molecule has 0 bridgehead atoms. The molecule has 0 saturated carbocycles. The molecule has 0 unspecified atom stereocenters. The lowest BCUT2D eigenvalue weighted by molar-refractivity contribution is -0.137. The Morgan fingerprint density at radius 2 is 1.67 bits per heavy atom. The van der Waals surface area contributed by atoms with E-state index in [9.17, 15) is 9.59 Å². The second-order valence-electron chi connectivity index (χ2n) is 7.34. The molecular formula is C21H29N3O3. The number of rotatable bonds is 6. The van der Waals surface area contributed by atoms with Crippen LogP contribution < -0.4 is 0 Å². The molecule has 6 heteroatoms. The monoisotopic (exact) mass is 371 g/mol. The maximum absolute atomic E-state index is 13.1. The normalized spacial score (nSPS) is 18.8. The van der Waals surface area contributed by atoms with Crippen LogP contribution in [-0.2, 0) is 9.59 Å². The number of aliphatic hydroxyl groups is 1. The SMILES string of the molecule is CCCN1C(=O)C(c2ccc(C)c(C)c2)=C(N2CCN(CCO)CC2)C1=O. The highest BCUT2D eigenvalue weighted by molar-refractivity contribution is 6.35. The van der Waals surface area contributed by atoms with Gasteiger partial charge in [0.2, 0.25) is 0 Å². The van der Waals surface area contributed by atoms with Crippen LogP contribution in [0.5, 0.6) is 0 Å². The number of hydrogen-bond donors (Lipinski definition) is 1. The van der Waals surface area contributed by atoms with Crippen molar-refractivity contribution in [3.8, 4) is 0 Å². The summed E-state index contributed by atoms with van der Waals surface area (Å²) in [7, 11) is 0. The summed E-state index contributed by atoms with van der Waals surface area (Å²) in [5.41, 5.74) is 4.18. The van der Waals surface area contributed by atoms with E-state index in [-0.39, 0.29) is 18.4 Å². The molecule has 0 radical (unpaired) electrons. The summed E-state index contributed by atoms with van der Waals surface area (Å²) in [6, 6.07) is 5.96. The third kappa shape index (κ3) is 3.77. The van der Waals surface area contributed by atoms with E-state index >= 15 is 0 Å². The zero-order valence-corrected chi connectivity index (χ0v) is 16.5. The van der Waals surface area contributed by atoms with Crippen molar-refractivity contribution < 1.29 is 14.7 Å². The lowest BCUT2D eigenvalue weighted by Gasteiger charge is -2.36. The van der Waals surface area contributed by atoms with Crippen LogP contribution in [0.3, 0.4) is 0 Å². The molecule has 2 amide bonds. The summed E-state index contributed by atoms with van der Waals surface area (Å²) in [6.45, 7) is 10.2. The Balaban J connectivity index is 1.98. The first-order chi connectivity index (χ1) is 13.0. The molecule has 0 atom stereocenters. The molecule has 1 aromatic rings. The quantitative estimate of drug-likeness (QED) is 0.766. The molecule has 1 saturated heterocycles. The number of amides is 2. The Hall–Kier alpha value is -2.18. The molecule has 1 fully saturated rings. The molecule has 3 rings (SSSR count). The van der Waals surface area contributed by atoms with Gasteiger partial charge in [-0.05, 0) is 37.0 Å². The van der Waals surface area contributed by atoms with Crippen molar-refractivity contribution in [1.29, 1.82) is 0 Å². The molecule has 1 aromatic carbocycles. The van der Waals surface area contributed by atoms with E-state index in [1.54, 1.807) is 0 Å². The first-order valence-electron chi connectivity index (χ1n) is 9.74. The van der Waals surface area contributed by atoms with Gasteiger partial charge in [-0.1, -0.05) is 25.1 Å². The fourth-order valence-corrected chi connectivity index (χ4v) is 3.78. The van der Waals surface area contributed by atoms with Crippen LogP contribution in [0.2, 0.25) is 0 Å². The zero-order valence-electron chi connectivity index (χ0n) is 16.5. The van der Waals surface area contributed by atoms with E-state index in [0.29, 0.717) is 37.4 Å². The van der Waals surface area contributed by atoms with E-state index in [1.165, 1.54) is 10.5 Å². The van der Waals surface area contributed by atoms with Gasteiger partial charge >= 0.3 is 0 Å². The van der Waals surface area contributed by atoms with Crippen LogP contribution in [0, 0.1) is 13.8 Å². The molecule has 6 nitrogen and oxygen atoms in total. The van der Waals surface area contributed by atoms with E-state index in [4.69, 9.17) is 5.11 Å². The van der Waals surface area contributed by atoms with Gasteiger partial charge in [-0.2, -0.15) is 0 Å². The van der Waals surface area contributed by atoms with E-state index in [1.807, 2.05) is 43.9 Å². The smallest absolute Gasteiger partial charge is 0.277 e. The number of piperazine rings is 1. The first-order valence-corrected chi connectivity index (χ1v) is 9.74. The van der Waals surface area contributed by atoms with E-state index in [0.717, 1.165) is 30.6 Å². The minimum absolute atomic E-state index is 0.137. The summed E-state index contributed by atoms with van der Waals surface area (Å²) in [5.74, 6) is -0.358. The van der Waals surface area contributed by atoms with Crippen molar-refractivity contribution in [3.05, 3.63) is 40.6 Å². The van der Waals surface area contributed by atoms with Crippen LogP contribution in [0.1, 0.15) is 30.0 Å². The van der Waals surface area contributed by atoms with Crippen molar-refractivity contribution in [2.45, 2.75) is 27.2 Å². The Labute approximate surface area is 161 Å². The van der Waals surface area contributed by atoms with Crippen LogP contribution in [-0.4, -0.2) is 77.5 Å². The largest absolute Gasteiger partial charge is 0.395 e. The van der Waals surface area contributed by atoms with Gasteiger partial charge in [-0.3, -0.25) is 19.4 Å². The second-order valence-corrected chi connectivity index (χ2v) is 7.34. The second kappa shape index (κ2) is 8.23. The number of aliphatic hydroxyl groups excluding tert-OH is 1. The van der Waals surface area contributed by atoms with Gasteiger partial charge in [0.1, 0.15) is 5.70 Å². The predicted molar refractivity (Wildman–Crippen MR) is 105 cm³/mol. The molecule has 2 heterocycles. The number of benzene rings is 1. The van der Waals surface area contributed by atoms with Crippen molar-refractivity contribution in [3.63, 3.8) is 0 Å². The Bertz CT molecular complexity index is 764. The summed E-state index contributed by atoms with van der Waals surface area (Å²) in [5, 5.41) is 9.14. The van der Waals surface area contributed by atoms with Crippen molar-refractivity contribution >= 4 is 17.4 Å². The summed E-state index contributed by atoms with van der Waals surface area (Å²) in [6.07, 6.45) is 0.745. The van der Waals surface area contributed by atoms with Crippen LogP contribution in [0.15, 0.2) is 23.9 Å². The number of carbonyl (C=O) groups is 2. The average molecular weight is 371 g/mol. The number of hydrogen-bond acceptors (Lipinski definition) is 5. The van der Waals surface area contributed by atoms with Crippen LogP contribution in [0.4, 0.5) is 0 Å². The molecule has 2 aliphatic rings. The van der Waals surface area contributed by atoms with E-state index in [2.05, 4.69) is 4.90 Å². The number of aryl methyl sites for hydroxylation is 2. The van der Waals surface area contributed by atoms with Crippen molar-refractivity contribution in [1.82, 2.24) is 14.7 Å². The topological polar surface area (TPSA) is 64.1 Å². The summed E-state index contributed by atoms with van der Waals surface area (Å²) < 4.78 is 0. The molecule has 2 aliphatic heterocycles. The predicted octanol–water partition coefficient (Wildman–Crippen LogP) is 1.40. The highest BCUT2D eigenvalue weighted by Crippen LogP contribution is 2.33. The first kappa shape index (κ1) is 19.6. The molecule has 0 aromatic heterocycles. The van der Waals surface area contributed by atoms with Gasteiger partial charge in [-0.25, -0.2) is 0 Å². The fourth-order valence-electron chi connectivity index (χ4n) is 3.78. The highest BCUT2D eigenvalue weighted by atomic mass is 16.3. The standard InChI is InChI=1S/C21H29N3O3/c1-4-7-24-20(26)18(17-6-5-15(2)16(3)14-17)19(21(24)27)23-10-8-22(9-11-23)12-13-25/h5-6,14,25H,4,7-13H2,1-3H3. The molecule has 27 heavy (non-hydrogen) atoms. The molecule has 0 spiro atoms. The number of β-amino-alcohol motifs (C(OH)–C–C–N with tert-alkyl or cyclic N) is 1. The summed E-state index contributed by atoms with van der Waals surface area (Å²) >= 11 is 0. The number of imide groups is 1. The molecular weight excluding hydrogens is 342 g/mol. The number of nitrogens with zero attached hydrogens (tertiary/aromatic N) is 3.